The van der Waals surface area contributed by atoms with Crippen LogP contribution in [0.15, 0.2) is 42.5 Å². The summed E-state index contributed by atoms with van der Waals surface area (Å²) in [6.45, 7) is 2.25. The molecule has 6 heteroatoms. The second kappa shape index (κ2) is 11.3. The molecule has 0 amide bonds. The van der Waals surface area contributed by atoms with Gasteiger partial charge in [-0.15, -0.1) is 0 Å². The topological polar surface area (TPSA) is 9.23 Å². The number of unbranched alkanes of at least 4 members (excludes halogenated alkanes) is 2. The third kappa shape index (κ3) is 6.37. The second-order valence-corrected chi connectivity index (χ2v) is 10.4. The molecule has 4 rings (SSSR count). The molecule has 35 heavy (non-hydrogen) atoms. The summed E-state index contributed by atoms with van der Waals surface area (Å²) < 4.78 is 70.0. The molecule has 2 aliphatic carbocycles. The summed E-state index contributed by atoms with van der Waals surface area (Å²) >= 11 is 0. The largest absolute Gasteiger partial charge is 0.461 e. The van der Waals surface area contributed by atoms with Gasteiger partial charge < -0.3 is 4.74 Å². The molecule has 0 radical (unpaired) electrons. The monoisotopic (exact) mass is 494 g/mol. The third-order valence-electron chi connectivity index (χ3n) is 8.08. The summed E-state index contributed by atoms with van der Waals surface area (Å²) in [5.41, 5.74) is 1.85. The van der Waals surface area contributed by atoms with Crippen LogP contribution in [0.25, 0.3) is 11.1 Å². The van der Waals surface area contributed by atoms with E-state index in [2.05, 4.69) is 11.7 Å². The van der Waals surface area contributed by atoms with E-state index in [4.69, 9.17) is 0 Å². The minimum absolute atomic E-state index is 0.349. The Morgan fingerprint density at radius 3 is 2.31 bits per heavy atom. The van der Waals surface area contributed by atoms with Crippen LogP contribution in [0.3, 0.4) is 0 Å². The van der Waals surface area contributed by atoms with E-state index >= 15 is 4.39 Å². The van der Waals surface area contributed by atoms with Gasteiger partial charge in [0.25, 0.3) is 0 Å². The van der Waals surface area contributed by atoms with Crippen molar-refractivity contribution in [2.24, 2.45) is 17.8 Å². The average Bonchev–Trinajstić information content (AvgIpc) is 2.84. The Balaban J connectivity index is 1.37. The summed E-state index contributed by atoms with van der Waals surface area (Å²) in [4.78, 5) is 0. The molecule has 2 fully saturated rings. The van der Waals surface area contributed by atoms with E-state index in [0.29, 0.717) is 17.0 Å². The highest BCUT2D eigenvalue weighted by atomic mass is 19.3. The standard InChI is InChI=1S/C29H35F5O/c1-2-3-4-5-19-6-7-22-17-23(9-8-21(22)16-19)24-12-15-26(27(30)18-24)20-10-13-25(14-11-20)35-29(33,34)28(31)32/h10-15,18-19,21-23,28H,2-9,16-17H2,1H3. The Labute approximate surface area is 205 Å². The molecule has 0 bridgehead atoms. The van der Waals surface area contributed by atoms with Gasteiger partial charge in [0.15, 0.2) is 0 Å². The lowest BCUT2D eigenvalue weighted by Gasteiger charge is -2.42. The number of ether oxygens (including phenoxy) is 1. The van der Waals surface area contributed by atoms with Gasteiger partial charge in [-0.2, -0.15) is 17.6 Å². The van der Waals surface area contributed by atoms with Crippen LogP contribution in [-0.2, 0) is 0 Å². The van der Waals surface area contributed by atoms with E-state index in [0.717, 1.165) is 48.3 Å². The van der Waals surface area contributed by atoms with Gasteiger partial charge in [0, 0.05) is 5.56 Å². The first-order chi connectivity index (χ1) is 16.8. The van der Waals surface area contributed by atoms with Crippen molar-refractivity contribution < 1.29 is 26.7 Å². The maximum atomic E-state index is 15.0. The summed E-state index contributed by atoms with van der Waals surface area (Å²) in [6, 6.07) is 10.4. The van der Waals surface area contributed by atoms with Crippen LogP contribution < -0.4 is 4.74 Å². The van der Waals surface area contributed by atoms with Gasteiger partial charge in [-0.05, 0) is 85.1 Å². The number of hydrogen-bond acceptors (Lipinski definition) is 1. The molecule has 2 saturated carbocycles. The lowest BCUT2D eigenvalue weighted by molar-refractivity contribution is -0.253. The van der Waals surface area contributed by atoms with Gasteiger partial charge in [-0.25, -0.2) is 4.39 Å². The van der Waals surface area contributed by atoms with Crippen molar-refractivity contribution in [1.82, 2.24) is 0 Å². The van der Waals surface area contributed by atoms with Crippen molar-refractivity contribution in [3.63, 3.8) is 0 Å². The molecule has 0 aliphatic heterocycles. The molecule has 0 spiro atoms. The Morgan fingerprint density at radius 2 is 1.63 bits per heavy atom. The molecule has 0 heterocycles. The Bertz CT molecular complexity index is 958. The molecule has 0 aromatic heterocycles. The van der Waals surface area contributed by atoms with Crippen LogP contribution in [0, 0.1) is 23.6 Å². The fourth-order valence-corrected chi connectivity index (χ4v) is 6.16. The maximum Gasteiger partial charge on any atom is 0.461 e. The highest BCUT2D eigenvalue weighted by Crippen LogP contribution is 2.48. The Hall–Kier alpha value is -2.11. The Kier molecular flexibility index (Phi) is 8.38. The maximum absolute atomic E-state index is 15.0. The normalized spacial score (nSPS) is 24.9. The molecule has 2 aromatic rings. The average molecular weight is 495 g/mol. The first kappa shape index (κ1) is 26.0. The fraction of sp³-hybridized carbons (Fsp3) is 0.586. The summed E-state index contributed by atoms with van der Waals surface area (Å²) in [7, 11) is 0. The number of benzene rings is 2. The van der Waals surface area contributed by atoms with Gasteiger partial charge in [-0.3, -0.25) is 0 Å². The molecule has 4 atom stereocenters. The zero-order chi connectivity index (χ0) is 25.0. The zero-order valence-electron chi connectivity index (χ0n) is 20.3. The van der Waals surface area contributed by atoms with Crippen molar-refractivity contribution in [3.8, 4) is 16.9 Å². The highest BCUT2D eigenvalue weighted by molar-refractivity contribution is 5.65. The van der Waals surface area contributed by atoms with Gasteiger partial charge in [0.05, 0.1) is 0 Å². The molecule has 0 saturated heterocycles. The van der Waals surface area contributed by atoms with Crippen LogP contribution in [-0.4, -0.2) is 12.5 Å². The quantitative estimate of drug-likeness (QED) is 0.249. The van der Waals surface area contributed by atoms with Crippen LogP contribution in [0.4, 0.5) is 22.0 Å². The number of alkyl halides is 4. The lowest BCUT2D eigenvalue weighted by atomic mass is 9.63. The third-order valence-corrected chi connectivity index (χ3v) is 8.08. The minimum atomic E-state index is -4.57. The van der Waals surface area contributed by atoms with E-state index in [1.807, 2.05) is 6.07 Å². The van der Waals surface area contributed by atoms with Gasteiger partial charge in [-0.1, -0.05) is 63.3 Å². The molecular weight excluding hydrogens is 459 g/mol. The van der Waals surface area contributed by atoms with Crippen molar-refractivity contribution >= 4 is 0 Å². The van der Waals surface area contributed by atoms with E-state index in [1.165, 1.54) is 63.5 Å². The predicted molar refractivity (Wildman–Crippen MR) is 128 cm³/mol. The first-order valence-corrected chi connectivity index (χ1v) is 13.0. The molecule has 1 nitrogen and oxygen atoms in total. The van der Waals surface area contributed by atoms with Crippen LogP contribution >= 0.6 is 0 Å². The van der Waals surface area contributed by atoms with Crippen LogP contribution in [0.1, 0.15) is 82.6 Å². The number of rotatable bonds is 9. The van der Waals surface area contributed by atoms with Crippen molar-refractivity contribution in [1.29, 1.82) is 0 Å². The number of halogens is 5. The first-order valence-electron chi connectivity index (χ1n) is 13.0. The smallest absolute Gasteiger partial charge is 0.428 e. The van der Waals surface area contributed by atoms with Crippen LogP contribution in [0.5, 0.6) is 5.75 Å². The van der Waals surface area contributed by atoms with E-state index < -0.39 is 18.3 Å². The van der Waals surface area contributed by atoms with Gasteiger partial charge in [0.1, 0.15) is 11.6 Å². The summed E-state index contributed by atoms with van der Waals surface area (Å²) in [5, 5.41) is 0. The van der Waals surface area contributed by atoms with Crippen molar-refractivity contribution in [2.45, 2.75) is 89.6 Å². The highest BCUT2D eigenvalue weighted by Gasteiger charge is 2.44. The van der Waals surface area contributed by atoms with E-state index in [1.54, 1.807) is 12.1 Å². The van der Waals surface area contributed by atoms with Crippen molar-refractivity contribution in [3.05, 3.63) is 53.8 Å². The second-order valence-electron chi connectivity index (χ2n) is 10.4. The molecule has 192 valence electrons. The molecule has 0 N–H and O–H groups in total. The minimum Gasteiger partial charge on any atom is -0.428 e. The van der Waals surface area contributed by atoms with Crippen molar-refractivity contribution in [2.75, 3.05) is 0 Å². The fourth-order valence-electron chi connectivity index (χ4n) is 6.16. The zero-order valence-corrected chi connectivity index (χ0v) is 20.3. The Morgan fingerprint density at radius 1 is 0.914 bits per heavy atom. The van der Waals surface area contributed by atoms with E-state index in [9.17, 15) is 17.6 Å². The predicted octanol–water partition coefficient (Wildman–Crippen LogP) is 9.61. The van der Waals surface area contributed by atoms with Crippen LogP contribution in [0.2, 0.25) is 0 Å². The lowest BCUT2D eigenvalue weighted by Crippen LogP contribution is -2.33. The summed E-state index contributed by atoms with van der Waals surface area (Å²) in [6.07, 6.45) is 4.23. The van der Waals surface area contributed by atoms with Gasteiger partial charge >= 0.3 is 12.5 Å². The molecule has 4 unspecified atom stereocenters. The summed E-state index contributed by atoms with van der Waals surface area (Å²) in [5.74, 6) is 2.04. The molecule has 2 aliphatic rings. The van der Waals surface area contributed by atoms with Gasteiger partial charge in [0.2, 0.25) is 0 Å². The van der Waals surface area contributed by atoms with E-state index in [-0.39, 0.29) is 5.82 Å². The molecule has 2 aromatic carbocycles. The molecular formula is C29H35F5O. The SMILES string of the molecule is CCCCCC1CCC2CC(c3ccc(-c4ccc(OC(F)(F)C(F)F)cc4)c(F)c3)CCC2C1. The number of fused-ring (bicyclic) bond motifs is 1. The number of hydrogen-bond donors (Lipinski definition) is 0.